The number of likely N-dealkylation sites (N-methyl/N-ethyl adjacent to an activating group) is 1. The molecule has 0 bridgehead atoms. The molecule has 1 aliphatic heterocycles. The number of hydrogen-bond acceptors (Lipinski definition) is 7. The first-order valence-electron chi connectivity index (χ1n) is 11.1. The van der Waals surface area contributed by atoms with Crippen molar-refractivity contribution in [2.45, 2.75) is 33.8 Å². The van der Waals surface area contributed by atoms with Crippen LogP contribution in [0.4, 0.5) is 10.5 Å². The van der Waals surface area contributed by atoms with E-state index in [-0.39, 0.29) is 13.1 Å². The quantitative estimate of drug-likeness (QED) is 0.480. The third kappa shape index (κ3) is 5.44. The van der Waals surface area contributed by atoms with Gasteiger partial charge in [0.05, 0.1) is 13.1 Å². The summed E-state index contributed by atoms with van der Waals surface area (Å²) < 4.78 is 37.6. The molecule has 1 fully saturated rings. The van der Waals surface area contributed by atoms with Crippen LogP contribution >= 0.6 is 0 Å². The first-order valence-corrected chi connectivity index (χ1v) is 12.6. The van der Waals surface area contributed by atoms with Gasteiger partial charge in [-0.15, -0.1) is 0 Å². The summed E-state index contributed by atoms with van der Waals surface area (Å²) in [5, 5.41) is 5.15. The molecule has 1 saturated heterocycles. The largest absolute Gasteiger partial charge is 0.443 e. The van der Waals surface area contributed by atoms with E-state index in [9.17, 15) is 13.2 Å². The lowest BCUT2D eigenvalue weighted by Gasteiger charge is -2.19. The summed E-state index contributed by atoms with van der Waals surface area (Å²) >= 11 is 0. The van der Waals surface area contributed by atoms with Crippen LogP contribution in [0.15, 0.2) is 52.4 Å². The van der Waals surface area contributed by atoms with E-state index < -0.39 is 22.2 Å². The Bertz CT molecular complexity index is 1380. The summed E-state index contributed by atoms with van der Waals surface area (Å²) in [5.41, 5.74) is 5.05. The monoisotopic (exact) mass is 496 g/mol. The number of rotatable bonds is 7. The molecule has 35 heavy (non-hydrogen) atoms. The first-order chi connectivity index (χ1) is 16.5. The molecule has 10 heteroatoms. The molecule has 1 aromatic heterocycles. The molecule has 0 aliphatic carbocycles. The Morgan fingerprint density at radius 2 is 1.89 bits per heavy atom. The van der Waals surface area contributed by atoms with Gasteiger partial charge >= 0.3 is 6.09 Å². The second-order valence-corrected chi connectivity index (χ2v) is 10.6. The van der Waals surface area contributed by atoms with E-state index in [0.717, 1.165) is 22.3 Å². The smallest absolute Gasteiger partial charge is 0.414 e. The zero-order valence-corrected chi connectivity index (χ0v) is 21.2. The van der Waals surface area contributed by atoms with Crippen molar-refractivity contribution in [1.29, 1.82) is 0 Å². The summed E-state index contributed by atoms with van der Waals surface area (Å²) in [5.74, 6) is 0.931. The van der Waals surface area contributed by atoms with Gasteiger partial charge in [0.15, 0.2) is 0 Å². The van der Waals surface area contributed by atoms with Crippen molar-refractivity contribution < 1.29 is 22.5 Å². The number of aromatic nitrogens is 2. The molecule has 3 aromatic rings. The minimum Gasteiger partial charge on any atom is -0.443 e. The molecule has 1 atom stereocenters. The minimum atomic E-state index is -3.72. The number of carbonyl (C=O) groups excluding carboxylic acids is 1. The number of allylic oxidation sites excluding steroid dienone is 1. The van der Waals surface area contributed by atoms with E-state index in [0.29, 0.717) is 23.0 Å². The second-order valence-electron chi connectivity index (χ2n) is 8.74. The lowest BCUT2D eigenvalue weighted by molar-refractivity contribution is 0.131. The number of carbonyl (C=O) groups is 1. The molecule has 0 radical (unpaired) electrons. The van der Waals surface area contributed by atoms with Gasteiger partial charge in [0.25, 0.3) is 0 Å². The molecule has 0 N–H and O–H groups in total. The average molecular weight is 497 g/mol. The molecule has 0 spiro atoms. The van der Waals surface area contributed by atoms with E-state index in [1.165, 1.54) is 21.7 Å². The van der Waals surface area contributed by atoms with Gasteiger partial charge in [0, 0.05) is 30.6 Å². The Kier molecular flexibility index (Phi) is 6.77. The number of amides is 1. The molecule has 9 nitrogen and oxygen atoms in total. The number of anilines is 1. The van der Waals surface area contributed by atoms with E-state index in [2.05, 4.69) is 10.1 Å². The molecule has 2 heterocycles. The first kappa shape index (κ1) is 24.6. The number of hydrogen-bond donors (Lipinski definition) is 0. The Morgan fingerprint density at radius 3 is 2.51 bits per heavy atom. The number of aryl methyl sites for hydroxylation is 3. The Morgan fingerprint density at radius 1 is 1.17 bits per heavy atom. The number of nitrogens with zero attached hydrogens (tertiary/aromatic N) is 4. The lowest BCUT2D eigenvalue weighted by Crippen LogP contribution is -2.35. The zero-order valence-electron chi connectivity index (χ0n) is 20.3. The lowest BCUT2D eigenvalue weighted by atomic mass is 10.0. The van der Waals surface area contributed by atoms with Crippen molar-refractivity contribution in [2.24, 2.45) is 0 Å². The minimum absolute atomic E-state index is 0.0431. The fourth-order valence-corrected chi connectivity index (χ4v) is 5.19. The van der Waals surface area contributed by atoms with Gasteiger partial charge in [0.2, 0.25) is 21.7 Å². The molecule has 0 saturated carbocycles. The third-order valence-corrected chi connectivity index (χ3v) is 7.54. The van der Waals surface area contributed by atoms with Crippen LogP contribution in [0.2, 0.25) is 0 Å². The van der Waals surface area contributed by atoms with Crippen LogP contribution in [-0.2, 0) is 14.8 Å². The molecule has 1 aliphatic rings. The Balaban J connectivity index is 1.43. The van der Waals surface area contributed by atoms with Crippen LogP contribution < -0.4 is 4.90 Å². The maximum atomic E-state index is 13.0. The van der Waals surface area contributed by atoms with Crippen molar-refractivity contribution in [1.82, 2.24) is 14.4 Å². The maximum absolute atomic E-state index is 13.0. The highest BCUT2D eigenvalue weighted by atomic mass is 32.2. The number of ether oxygens (including phenoxy) is 1. The highest BCUT2D eigenvalue weighted by Crippen LogP contribution is 2.26. The van der Waals surface area contributed by atoms with Crippen LogP contribution in [0.25, 0.3) is 17.0 Å². The van der Waals surface area contributed by atoms with E-state index in [1.54, 1.807) is 38.1 Å². The van der Waals surface area contributed by atoms with Crippen molar-refractivity contribution in [3.63, 3.8) is 0 Å². The molecule has 1 amide bonds. The standard InChI is InChI=1S/C25H28N4O5S/c1-16-6-11-23(17(2)12-16)18(3)15-35(31,32)28(5)13-22-14-29(25(30)33-22)21-9-7-20(8-10-21)24-26-19(4)34-27-24/h6-12,15,22H,13-14H2,1-5H3. The Hall–Kier alpha value is -3.50. The fourth-order valence-electron chi connectivity index (χ4n) is 4.06. The highest BCUT2D eigenvalue weighted by Gasteiger charge is 2.34. The normalized spacial score (nSPS) is 16.7. The topological polar surface area (TPSA) is 106 Å². The summed E-state index contributed by atoms with van der Waals surface area (Å²) in [7, 11) is -2.23. The van der Waals surface area contributed by atoms with E-state index in [1.807, 2.05) is 32.0 Å². The molecule has 4 rings (SSSR count). The van der Waals surface area contributed by atoms with Crippen molar-refractivity contribution >= 4 is 27.4 Å². The second kappa shape index (κ2) is 9.63. The predicted octanol–water partition coefficient (Wildman–Crippen LogP) is 4.31. The number of benzene rings is 2. The number of cyclic esters (lactones) is 1. The van der Waals surface area contributed by atoms with E-state index in [4.69, 9.17) is 9.26 Å². The van der Waals surface area contributed by atoms with Crippen LogP contribution in [0, 0.1) is 20.8 Å². The van der Waals surface area contributed by atoms with Crippen LogP contribution in [0.3, 0.4) is 0 Å². The van der Waals surface area contributed by atoms with Gasteiger partial charge in [-0.05, 0) is 61.7 Å². The van der Waals surface area contributed by atoms with Gasteiger partial charge in [-0.3, -0.25) is 4.90 Å². The fraction of sp³-hybridized carbons (Fsp3) is 0.320. The van der Waals surface area contributed by atoms with Crippen molar-refractivity contribution in [3.05, 3.63) is 70.5 Å². The molecule has 2 aromatic carbocycles. The molecular formula is C25H28N4O5S. The van der Waals surface area contributed by atoms with Crippen molar-refractivity contribution in [3.8, 4) is 11.4 Å². The van der Waals surface area contributed by atoms with Gasteiger partial charge < -0.3 is 9.26 Å². The van der Waals surface area contributed by atoms with Crippen LogP contribution in [0.5, 0.6) is 0 Å². The van der Waals surface area contributed by atoms with E-state index >= 15 is 0 Å². The number of sulfonamides is 1. The highest BCUT2D eigenvalue weighted by molar-refractivity contribution is 7.92. The summed E-state index contributed by atoms with van der Waals surface area (Å²) in [6.45, 7) is 7.72. The third-order valence-electron chi connectivity index (χ3n) is 5.87. The Labute approximate surface area is 205 Å². The van der Waals surface area contributed by atoms with Gasteiger partial charge in [-0.2, -0.15) is 9.29 Å². The summed E-state index contributed by atoms with van der Waals surface area (Å²) in [6, 6.07) is 13.0. The predicted molar refractivity (Wildman–Crippen MR) is 133 cm³/mol. The maximum Gasteiger partial charge on any atom is 0.414 e. The van der Waals surface area contributed by atoms with Crippen molar-refractivity contribution in [2.75, 3.05) is 25.0 Å². The van der Waals surface area contributed by atoms with Gasteiger partial charge in [-0.1, -0.05) is 28.9 Å². The summed E-state index contributed by atoms with van der Waals surface area (Å²) in [4.78, 5) is 18.2. The molecule has 1 unspecified atom stereocenters. The van der Waals surface area contributed by atoms with Crippen LogP contribution in [-0.4, -0.2) is 55.2 Å². The van der Waals surface area contributed by atoms with Gasteiger partial charge in [-0.25, -0.2) is 13.2 Å². The molecule has 184 valence electrons. The molecular weight excluding hydrogens is 468 g/mol. The zero-order chi connectivity index (χ0) is 25.3. The SMILES string of the molecule is CC(=CS(=O)(=O)N(C)CC1CN(c2ccc(-c3noc(C)n3)cc2)C(=O)O1)c1ccc(C)cc1C. The van der Waals surface area contributed by atoms with Crippen LogP contribution in [0.1, 0.15) is 29.5 Å². The average Bonchev–Trinajstić information content (AvgIpc) is 3.38. The van der Waals surface area contributed by atoms with Gasteiger partial charge in [0.1, 0.15) is 6.10 Å². The summed E-state index contributed by atoms with van der Waals surface area (Å²) in [6.07, 6.45) is -1.12.